The molecule has 0 amide bonds. The van der Waals surface area contributed by atoms with Gasteiger partial charge in [-0.3, -0.25) is 4.98 Å². The molecule has 0 aliphatic heterocycles. The van der Waals surface area contributed by atoms with E-state index in [9.17, 15) is 12.8 Å². The van der Waals surface area contributed by atoms with Gasteiger partial charge < -0.3 is 4.52 Å². The van der Waals surface area contributed by atoms with Gasteiger partial charge in [0.2, 0.25) is 21.7 Å². The molecule has 0 bridgehead atoms. The Bertz CT molecular complexity index is 1110. The standard InChI is InChI=1S/C18H17FN4O3S/c1-18(2)14(10-3-5-13(6-4-10)27(20,24)25)15(18)17-22-16(23-26-17)11-7-12(19)9-21-8-11/h3-9,14-15H,1-2H3,(H2,20,24,25)/t14-,15+/m1/s1. The van der Waals surface area contributed by atoms with Crippen molar-refractivity contribution in [3.05, 3.63) is 60.0 Å². The van der Waals surface area contributed by atoms with Gasteiger partial charge in [-0.05, 0) is 29.2 Å². The molecule has 0 unspecified atom stereocenters. The first-order valence-corrected chi connectivity index (χ1v) is 9.80. The fraction of sp³-hybridized carbons (Fsp3) is 0.278. The van der Waals surface area contributed by atoms with Crippen LogP contribution in [0.1, 0.15) is 37.1 Å². The molecule has 0 radical (unpaired) electrons. The lowest BCUT2D eigenvalue weighted by atomic mass is 10.0. The molecule has 9 heteroatoms. The molecule has 27 heavy (non-hydrogen) atoms. The highest BCUT2D eigenvalue weighted by molar-refractivity contribution is 7.89. The molecule has 2 heterocycles. The van der Waals surface area contributed by atoms with Crippen LogP contribution in [0.5, 0.6) is 0 Å². The fourth-order valence-corrected chi connectivity index (χ4v) is 4.11. The SMILES string of the molecule is CC1(C)[C@H](c2ccc(S(N)(=O)=O)cc2)[C@H]1c1nc(-c2cncc(F)c2)no1. The average molecular weight is 388 g/mol. The second-order valence-corrected chi connectivity index (χ2v) is 8.80. The Kier molecular flexibility index (Phi) is 3.90. The van der Waals surface area contributed by atoms with Gasteiger partial charge in [-0.2, -0.15) is 4.98 Å². The lowest BCUT2D eigenvalue weighted by Gasteiger charge is -2.04. The average Bonchev–Trinajstić information content (AvgIpc) is 2.94. The van der Waals surface area contributed by atoms with Gasteiger partial charge in [0.1, 0.15) is 5.82 Å². The Hall–Kier alpha value is -2.65. The minimum atomic E-state index is -3.73. The van der Waals surface area contributed by atoms with Crippen LogP contribution in [0.25, 0.3) is 11.4 Å². The van der Waals surface area contributed by atoms with Crippen molar-refractivity contribution < 1.29 is 17.3 Å². The number of aromatic nitrogens is 3. The van der Waals surface area contributed by atoms with Gasteiger partial charge >= 0.3 is 0 Å². The first-order chi connectivity index (χ1) is 12.7. The van der Waals surface area contributed by atoms with Crippen molar-refractivity contribution in [2.45, 2.75) is 30.6 Å². The number of benzene rings is 1. The summed E-state index contributed by atoms with van der Waals surface area (Å²) in [6.45, 7) is 4.15. The maximum atomic E-state index is 13.4. The van der Waals surface area contributed by atoms with Gasteiger partial charge in [-0.15, -0.1) is 0 Å². The molecule has 2 N–H and O–H groups in total. The van der Waals surface area contributed by atoms with Gasteiger partial charge in [0.05, 0.1) is 17.0 Å². The number of nitrogens with two attached hydrogens (primary N) is 1. The molecule has 0 saturated heterocycles. The summed E-state index contributed by atoms with van der Waals surface area (Å²) in [5.74, 6) is 0.327. The van der Waals surface area contributed by atoms with Crippen LogP contribution < -0.4 is 5.14 Å². The lowest BCUT2D eigenvalue weighted by Crippen LogP contribution is -2.11. The molecule has 1 fully saturated rings. The van der Waals surface area contributed by atoms with E-state index < -0.39 is 15.8 Å². The predicted octanol–water partition coefficient (Wildman–Crippen LogP) is 2.83. The highest BCUT2D eigenvalue weighted by Gasteiger charge is 2.62. The summed E-state index contributed by atoms with van der Waals surface area (Å²) < 4.78 is 41.6. The molecule has 140 valence electrons. The maximum Gasteiger partial charge on any atom is 0.238 e. The third-order valence-corrected chi connectivity index (χ3v) is 6.00. The van der Waals surface area contributed by atoms with Gasteiger partial charge in [0.25, 0.3) is 0 Å². The number of halogens is 1. The molecule has 1 saturated carbocycles. The maximum absolute atomic E-state index is 13.4. The number of pyridine rings is 1. The minimum absolute atomic E-state index is 0.0272. The number of sulfonamides is 1. The van der Waals surface area contributed by atoms with Crippen LogP contribution in [0, 0.1) is 11.2 Å². The topological polar surface area (TPSA) is 112 Å². The van der Waals surface area contributed by atoms with Gasteiger partial charge in [0.15, 0.2) is 0 Å². The second-order valence-electron chi connectivity index (χ2n) is 7.24. The highest BCUT2D eigenvalue weighted by Crippen LogP contribution is 2.69. The number of rotatable bonds is 4. The van der Waals surface area contributed by atoms with Crippen molar-refractivity contribution in [1.82, 2.24) is 15.1 Å². The Labute approximate surface area is 155 Å². The molecular formula is C18H17FN4O3S. The van der Waals surface area contributed by atoms with E-state index in [-0.39, 0.29) is 28.0 Å². The first-order valence-electron chi connectivity index (χ1n) is 8.25. The summed E-state index contributed by atoms with van der Waals surface area (Å²) in [6.07, 6.45) is 2.58. The van der Waals surface area contributed by atoms with Crippen LogP contribution >= 0.6 is 0 Å². The molecule has 1 aromatic carbocycles. The summed E-state index contributed by atoms with van der Waals surface area (Å²) >= 11 is 0. The number of hydrogen-bond acceptors (Lipinski definition) is 6. The van der Waals surface area contributed by atoms with Crippen molar-refractivity contribution in [1.29, 1.82) is 0 Å². The molecule has 4 rings (SSSR count). The van der Waals surface area contributed by atoms with Crippen molar-refractivity contribution >= 4 is 10.0 Å². The number of nitrogens with zero attached hydrogens (tertiary/aromatic N) is 3. The molecule has 7 nitrogen and oxygen atoms in total. The third kappa shape index (κ3) is 3.13. The van der Waals surface area contributed by atoms with Gasteiger partial charge in [-0.1, -0.05) is 31.1 Å². The summed E-state index contributed by atoms with van der Waals surface area (Å²) in [5, 5.41) is 9.09. The predicted molar refractivity (Wildman–Crippen MR) is 94.6 cm³/mol. The van der Waals surface area contributed by atoms with Gasteiger partial charge in [0, 0.05) is 17.7 Å². The van der Waals surface area contributed by atoms with E-state index in [0.29, 0.717) is 11.5 Å². The largest absolute Gasteiger partial charge is 0.339 e. The van der Waals surface area contributed by atoms with E-state index in [4.69, 9.17) is 9.66 Å². The molecule has 1 aliphatic rings. The van der Waals surface area contributed by atoms with Crippen molar-refractivity contribution in [2.75, 3.05) is 0 Å². The van der Waals surface area contributed by atoms with Crippen LogP contribution in [0.2, 0.25) is 0 Å². The zero-order chi connectivity index (χ0) is 19.4. The molecule has 0 spiro atoms. The second kappa shape index (κ2) is 5.93. The van der Waals surface area contributed by atoms with E-state index in [0.717, 1.165) is 11.8 Å². The van der Waals surface area contributed by atoms with Crippen LogP contribution in [-0.4, -0.2) is 23.5 Å². The number of hydrogen-bond donors (Lipinski definition) is 1. The molecule has 3 aromatic rings. The van der Waals surface area contributed by atoms with E-state index >= 15 is 0 Å². The lowest BCUT2D eigenvalue weighted by molar-refractivity contribution is 0.368. The summed E-state index contributed by atoms with van der Waals surface area (Å²) in [7, 11) is -3.73. The zero-order valence-corrected chi connectivity index (χ0v) is 15.4. The van der Waals surface area contributed by atoms with Crippen LogP contribution in [-0.2, 0) is 10.0 Å². The Morgan fingerprint density at radius 1 is 1.15 bits per heavy atom. The van der Waals surface area contributed by atoms with Crippen molar-refractivity contribution in [3.63, 3.8) is 0 Å². The van der Waals surface area contributed by atoms with Crippen LogP contribution in [0.4, 0.5) is 4.39 Å². The quantitative estimate of drug-likeness (QED) is 0.735. The molecule has 2 atom stereocenters. The minimum Gasteiger partial charge on any atom is -0.339 e. The zero-order valence-electron chi connectivity index (χ0n) is 14.6. The van der Waals surface area contributed by atoms with Crippen molar-refractivity contribution in [3.8, 4) is 11.4 Å². The Morgan fingerprint density at radius 2 is 1.85 bits per heavy atom. The normalized spacial score (nSPS) is 21.2. The van der Waals surface area contributed by atoms with E-state index in [1.54, 1.807) is 12.1 Å². The smallest absolute Gasteiger partial charge is 0.238 e. The Balaban J connectivity index is 1.62. The van der Waals surface area contributed by atoms with E-state index in [1.807, 2.05) is 0 Å². The van der Waals surface area contributed by atoms with E-state index in [1.165, 1.54) is 24.4 Å². The summed E-state index contributed by atoms with van der Waals surface area (Å²) in [4.78, 5) is 8.27. The monoisotopic (exact) mass is 388 g/mol. The van der Waals surface area contributed by atoms with Crippen molar-refractivity contribution in [2.24, 2.45) is 10.6 Å². The third-order valence-electron chi connectivity index (χ3n) is 5.07. The fourth-order valence-electron chi connectivity index (χ4n) is 3.60. The van der Waals surface area contributed by atoms with Crippen LogP contribution in [0.15, 0.2) is 52.1 Å². The summed E-state index contributed by atoms with van der Waals surface area (Å²) in [6, 6.07) is 7.78. The number of primary sulfonamides is 1. The van der Waals surface area contributed by atoms with Gasteiger partial charge in [-0.25, -0.2) is 17.9 Å². The Morgan fingerprint density at radius 3 is 2.48 bits per heavy atom. The van der Waals surface area contributed by atoms with E-state index in [2.05, 4.69) is 29.0 Å². The highest BCUT2D eigenvalue weighted by atomic mass is 32.2. The first kappa shape index (κ1) is 17.7. The molecule has 2 aromatic heterocycles. The van der Waals surface area contributed by atoms with Crippen LogP contribution in [0.3, 0.4) is 0 Å². The summed E-state index contributed by atoms with van der Waals surface area (Å²) in [5.41, 5.74) is 1.26. The molecular weight excluding hydrogens is 371 g/mol. The molecule has 1 aliphatic carbocycles.